The van der Waals surface area contributed by atoms with Gasteiger partial charge in [0.1, 0.15) is 0 Å². The Bertz CT molecular complexity index is 1210. The van der Waals surface area contributed by atoms with E-state index < -0.39 is 0 Å². The summed E-state index contributed by atoms with van der Waals surface area (Å²) in [6.45, 7) is 0. The molecule has 0 spiro atoms. The first kappa shape index (κ1) is 16.8. The van der Waals surface area contributed by atoms with E-state index in [2.05, 4.69) is 96.3 Å². The van der Waals surface area contributed by atoms with Crippen LogP contribution in [0, 0.1) is 0 Å². The van der Waals surface area contributed by atoms with E-state index in [0.717, 1.165) is 11.4 Å². The second-order valence-electron chi connectivity index (χ2n) is 6.74. The Morgan fingerprint density at radius 1 is 0.536 bits per heavy atom. The van der Waals surface area contributed by atoms with Gasteiger partial charge in [0.2, 0.25) is 0 Å². The number of hydrogen-bond acceptors (Lipinski definition) is 2. The molecule has 0 aliphatic carbocycles. The smallest absolute Gasteiger partial charge is 0.0433 e. The summed E-state index contributed by atoms with van der Waals surface area (Å²) in [5.74, 6) is 0. The number of rotatable bonds is 4. The van der Waals surface area contributed by atoms with Crippen LogP contribution in [0.1, 0.15) is 0 Å². The van der Waals surface area contributed by atoms with Crippen molar-refractivity contribution in [2.45, 2.75) is 0 Å². The van der Waals surface area contributed by atoms with E-state index in [-0.39, 0.29) is 0 Å². The third-order valence-corrected chi connectivity index (χ3v) is 6.05. The molecule has 134 valence electrons. The summed E-state index contributed by atoms with van der Waals surface area (Å²) in [5, 5.41) is 4.81. The molecule has 0 atom stereocenters. The maximum Gasteiger partial charge on any atom is 0.0433 e. The van der Waals surface area contributed by atoms with Crippen LogP contribution in [0.4, 0.5) is 11.4 Å². The molecule has 2 heteroatoms. The van der Waals surface area contributed by atoms with Crippen LogP contribution in [-0.4, -0.2) is 0 Å². The molecular formula is C26H19NS. The minimum atomic E-state index is 1.10. The van der Waals surface area contributed by atoms with Crippen molar-refractivity contribution in [2.75, 3.05) is 5.32 Å². The Kier molecular flexibility index (Phi) is 4.40. The number of para-hydroxylation sites is 1. The summed E-state index contributed by atoms with van der Waals surface area (Å²) < 4.78 is 1.29. The molecular weight excluding hydrogens is 358 g/mol. The van der Waals surface area contributed by atoms with E-state index in [4.69, 9.17) is 0 Å². The van der Waals surface area contributed by atoms with Crippen molar-refractivity contribution in [3.05, 3.63) is 109 Å². The standard InChI is InChI=1S/C26H19NS/c1-4-10-19(11-5-1)25-23-17-16-22(27-21-14-8-3-9-15-21)18-24(23)28-26(25)20-12-6-2-7-13-20/h1-18,27H. The molecule has 0 aliphatic heterocycles. The Labute approximate surface area is 168 Å². The number of hydrogen-bond donors (Lipinski definition) is 1. The topological polar surface area (TPSA) is 12.0 Å². The van der Waals surface area contributed by atoms with Gasteiger partial charge in [-0.25, -0.2) is 0 Å². The molecule has 0 aliphatic rings. The Hall–Kier alpha value is -3.36. The van der Waals surface area contributed by atoms with Gasteiger partial charge < -0.3 is 5.32 Å². The lowest BCUT2D eigenvalue weighted by Crippen LogP contribution is -1.88. The van der Waals surface area contributed by atoms with Gasteiger partial charge in [-0.2, -0.15) is 0 Å². The van der Waals surface area contributed by atoms with Crippen molar-refractivity contribution in [3.8, 4) is 21.6 Å². The lowest BCUT2D eigenvalue weighted by atomic mass is 9.99. The fraction of sp³-hybridized carbons (Fsp3) is 0. The zero-order valence-corrected chi connectivity index (χ0v) is 16.1. The van der Waals surface area contributed by atoms with E-state index in [1.807, 2.05) is 29.5 Å². The number of nitrogens with one attached hydrogen (secondary N) is 1. The van der Waals surface area contributed by atoms with Crippen LogP contribution in [0.25, 0.3) is 31.7 Å². The highest BCUT2D eigenvalue weighted by molar-refractivity contribution is 7.23. The maximum atomic E-state index is 3.51. The summed E-state index contributed by atoms with van der Waals surface area (Å²) in [7, 11) is 0. The molecule has 1 nitrogen and oxygen atoms in total. The molecule has 0 amide bonds. The van der Waals surface area contributed by atoms with Gasteiger partial charge in [-0.15, -0.1) is 11.3 Å². The normalized spacial score (nSPS) is 10.9. The van der Waals surface area contributed by atoms with Gasteiger partial charge in [-0.3, -0.25) is 0 Å². The average molecular weight is 378 g/mol. The molecule has 0 radical (unpaired) electrons. The van der Waals surface area contributed by atoms with Crippen LogP contribution in [0.15, 0.2) is 109 Å². The van der Waals surface area contributed by atoms with Gasteiger partial charge in [-0.05, 0) is 35.4 Å². The molecule has 5 aromatic rings. The lowest BCUT2D eigenvalue weighted by molar-refractivity contribution is 1.57. The van der Waals surface area contributed by atoms with Crippen LogP contribution >= 0.6 is 11.3 Å². The molecule has 1 N–H and O–H groups in total. The number of benzene rings is 4. The molecule has 0 fully saturated rings. The van der Waals surface area contributed by atoms with Crippen molar-refractivity contribution in [1.82, 2.24) is 0 Å². The molecule has 0 bridgehead atoms. The second-order valence-corrected chi connectivity index (χ2v) is 7.79. The summed E-state index contributed by atoms with van der Waals surface area (Å²) in [6, 6.07) is 38.3. The number of anilines is 2. The van der Waals surface area contributed by atoms with Gasteiger partial charge in [0.05, 0.1) is 0 Å². The van der Waals surface area contributed by atoms with Crippen LogP contribution in [0.2, 0.25) is 0 Å². The number of thiophene rings is 1. The second kappa shape index (κ2) is 7.34. The average Bonchev–Trinajstić information content (AvgIpc) is 3.14. The van der Waals surface area contributed by atoms with Gasteiger partial charge >= 0.3 is 0 Å². The summed E-state index contributed by atoms with van der Waals surface area (Å²) in [4.78, 5) is 1.32. The minimum Gasteiger partial charge on any atom is -0.355 e. The van der Waals surface area contributed by atoms with E-state index >= 15 is 0 Å². The molecule has 0 saturated heterocycles. The van der Waals surface area contributed by atoms with E-state index in [9.17, 15) is 0 Å². The van der Waals surface area contributed by atoms with Crippen LogP contribution in [0.3, 0.4) is 0 Å². The summed E-state index contributed by atoms with van der Waals surface area (Å²) >= 11 is 1.86. The Morgan fingerprint density at radius 3 is 1.82 bits per heavy atom. The molecule has 4 aromatic carbocycles. The molecule has 1 aromatic heterocycles. The lowest BCUT2D eigenvalue weighted by Gasteiger charge is -2.07. The highest BCUT2D eigenvalue weighted by atomic mass is 32.1. The monoisotopic (exact) mass is 377 g/mol. The van der Waals surface area contributed by atoms with E-state index in [1.54, 1.807) is 0 Å². The molecule has 5 rings (SSSR count). The molecule has 0 unspecified atom stereocenters. The predicted octanol–water partition coefficient (Wildman–Crippen LogP) is 7.98. The van der Waals surface area contributed by atoms with Crippen LogP contribution in [-0.2, 0) is 0 Å². The molecule has 28 heavy (non-hydrogen) atoms. The van der Waals surface area contributed by atoms with Crippen molar-refractivity contribution < 1.29 is 0 Å². The minimum absolute atomic E-state index is 1.10. The maximum absolute atomic E-state index is 3.51. The SMILES string of the molecule is c1ccc(Nc2ccc3c(-c4ccccc4)c(-c4ccccc4)sc3c2)cc1. The fourth-order valence-corrected chi connectivity index (χ4v) is 4.82. The van der Waals surface area contributed by atoms with E-state index in [1.165, 1.54) is 31.7 Å². The summed E-state index contributed by atoms with van der Waals surface area (Å²) in [6.07, 6.45) is 0. The van der Waals surface area contributed by atoms with Gasteiger partial charge in [0.25, 0.3) is 0 Å². The highest BCUT2D eigenvalue weighted by Crippen LogP contribution is 2.45. The largest absolute Gasteiger partial charge is 0.355 e. The number of fused-ring (bicyclic) bond motifs is 1. The first-order valence-electron chi connectivity index (χ1n) is 9.38. The fourth-order valence-electron chi connectivity index (χ4n) is 3.55. The van der Waals surface area contributed by atoms with Gasteiger partial charge in [-0.1, -0.05) is 84.9 Å². The predicted molar refractivity (Wildman–Crippen MR) is 122 cm³/mol. The van der Waals surface area contributed by atoms with E-state index in [0.29, 0.717) is 0 Å². The Balaban J connectivity index is 1.67. The highest BCUT2D eigenvalue weighted by Gasteiger charge is 2.15. The molecule has 1 heterocycles. The van der Waals surface area contributed by atoms with Crippen LogP contribution in [0.5, 0.6) is 0 Å². The first-order valence-corrected chi connectivity index (χ1v) is 10.2. The zero-order valence-electron chi connectivity index (χ0n) is 15.3. The quantitative estimate of drug-likeness (QED) is 0.335. The van der Waals surface area contributed by atoms with Crippen LogP contribution < -0.4 is 5.32 Å². The third-order valence-electron chi connectivity index (χ3n) is 4.85. The van der Waals surface area contributed by atoms with Crippen molar-refractivity contribution in [2.24, 2.45) is 0 Å². The summed E-state index contributed by atoms with van der Waals surface area (Å²) in [5.41, 5.74) is 6.05. The van der Waals surface area contributed by atoms with Crippen molar-refractivity contribution in [1.29, 1.82) is 0 Å². The Morgan fingerprint density at radius 2 is 1.14 bits per heavy atom. The van der Waals surface area contributed by atoms with Crippen molar-refractivity contribution >= 4 is 32.8 Å². The van der Waals surface area contributed by atoms with Gasteiger partial charge in [0.15, 0.2) is 0 Å². The molecule has 0 saturated carbocycles. The van der Waals surface area contributed by atoms with Crippen molar-refractivity contribution in [3.63, 3.8) is 0 Å². The zero-order chi connectivity index (χ0) is 18.8. The first-order chi connectivity index (χ1) is 13.9. The van der Waals surface area contributed by atoms with Gasteiger partial charge in [0, 0.05) is 31.9 Å². The third kappa shape index (κ3) is 3.19.